The molecule has 2 aliphatic heterocycles. The van der Waals surface area contributed by atoms with Crippen molar-refractivity contribution in [3.05, 3.63) is 36.8 Å². The number of hydrogen-bond acceptors (Lipinski definition) is 4. The number of nitrogens with one attached hydrogen (secondary N) is 2. The molecule has 0 radical (unpaired) electrons. The van der Waals surface area contributed by atoms with Gasteiger partial charge in [0.25, 0.3) is 0 Å². The van der Waals surface area contributed by atoms with E-state index in [0.717, 1.165) is 32.1 Å². The van der Waals surface area contributed by atoms with Crippen LogP contribution in [0.1, 0.15) is 18.9 Å². The average molecular weight is 283 g/mol. The van der Waals surface area contributed by atoms with Gasteiger partial charge in [0, 0.05) is 36.6 Å². The average Bonchev–Trinajstić information content (AvgIpc) is 3.00. The largest absolute Gasteiger partial charge is 0.344 e. The van der Waals surface area contributed by atoms with Gasteiger partial charge >= 0.3 is 0 Å². The minimum absolute atomic E-state index is 0.606. The summed E-state index contributed by atoms with van der Waals surface area (Å²) in [5.74, 6) is 1.05. The van der Waals surface area contributed by atoms with Gasteiger partial charge in [0.1, 0.15) is 5.82 Å². The lowest BCUT2D eigenvalue weighted by atomic mass is 10.1. The van der Waals surface area contributed by atoms with Crippen LogP contribution in [0, 0.1) is 0 Å². The number of fused-ring (bicyclic) bond motifs is 1. The summed E-state index contributed by atoms with van der Waals surface area (Å²) in [5, 5.41) is 8.03. The van der Waals surface area contributed by atoms with Gasteiger partial charge in [-0.15, -0.1) is 0 Å². The number of aromatic nitrogens is 2. The number of hydrogen-bond donors (Lipinski definition) is 2. The lowest BCUT2D eigenvalue weighted by Gasteiger charge is -2.26. The van der Waals surface area contributed by atoms with E-state index in [2.05, 4.69) is 55.7 Å². The second-order valence-electron chi connectivity index (χ2n) is 5.74. The Morgan fingerprint density at radius 2 is 2.05 bits per heavy atom. The Morgan fingerprint density at radius 1 is 1.14 bits per heavy atom. The number of piperidine rings is 1. The third kappa shape index (κ3) is 2.32. The highest BCUT2D eigenvalue weighted by molar-refractivity contribution is 5.91. The van der Waals surface area contributed by atoms with Gasteiger partial charge < -0.3 is 14.8 Å². The first kappa shape index (κ1) is 12.9. The van der Waals surface area contributed by atoms with Crippen LogP contribution in [-0.4, -0.2) is 35.9 Å². The van der Waals surface area contributed by atoms with Crippen molar-refractivity contribution in [2.45, 2.75) is 18.9 Å². The summed E-state index contributed by atoms with van der Waals surface area (Å²) >= 11 is 0. The van der Waals surface area contributed by atoms with Crippen LogP contribution >= 0.6 is 0 Å². The lowest BCUT2D eigenvalue weighted by molar-refractivity contribution is 0.376. The molecule has 110 valence electrons. The fraction of sp³-hybridized carbons (Fsp3) is 0.438. The van der Waals surface area contributed by atoms with Gasteiger partial charge in [-0.1, -0.05) is 6.08 Å². The summed E-state index contributed by atoms with van der Waals surface area (Å²) in [7, 11) is 0. The Labute approximate surface area is 124 Å². The molecule has 0 saturated carbocycles. The molecule has 21 heavy (non-hydrogen) atoms. The van der Waals surface area contributed by atoms with Gasteiger partial charge in [-0.2, -0.15) is 0 Å². The van der Waals surface area contributed by atoms with Gasteiger partial charge in [0.2, 0.25) is 0 Å². The molecule has 4 heterocycles. The number of anilines is 1. The van der Waals surface area contributed by atoms with E-state index in [9.17, 15) is 0 Å². The summed E-state index contributed by atoms with van der Waals surface area (Å²) in [6, 6.07) is 4.96. The monoisotopic (exact) mass is 283 g/mol. The van der Waals surface area contributed by atoms with Crippen molar-refractivity contribution < 1.29 is 0 Å². The minimum atomic E-state index is 0.606. The van der Waals surface area contributed by atoms with Gasteiger partial charge in [-0.05, 0) is 38.1 Å². The van der Waals surface area contributed by atoms with Crippen molar-refractivity contribution in [1.82, 2.24) is 20.2 Å². The maximum absolute atomic E-state index is 4.60. The fourth-order valence-corrected chi connectivity index (χ4v) is 3.35. The van der Waals surface area contributed by atoms with Crippen LogP contribution in [0.5, 0.6) is 0 Å². The number of pyridine rings is 1. The van der Waals surface area contributed by atoms with Crippen LogP contribution in [0.25, 0.3) is 10.9 Å². The number of nitrogens with zero attached hydrogens (tertiary/aromatic N) is 3. The molecule has 0 aliphatic carbocycles. The van der Waals surface area contributed by atoms with E-state index in [4.69, 9.17) is 0 Å². The molecular weight excluding hydrogens is 262 g/mol. The summed E-state index contributed by atoms with van der Waals surface area (Å²) in [5.41, 5.74) is 1.30. The Kier molecular flexibility index (Phi) is 3.37. The molecule has 4 rings (SSSR count). The van der Waals surface area contributed by atoms with Crippen LogP contribution < -0.4 is 15.5 Å². The Morgan fingerprint density at radius 3 is 2.86 bits per heavy atom. The smallest absolute Gasteiger partial charge is 0.143 e. The molecule has 2 aliphatic rings. The maximum Gasteiger partial charge on any atom is 0.143 e. The molecule has 0 atom stereocenters. The fourth-order valence-electron chi connectivity index (χ4n) is 3.35. The first-order chi connectivity index (χ1) is 10.4. The van der Waals surface area contributed by atoms with E-state index in [1.807, 2.05) is 6.20 Å². The van der Waals surface area contributed by atoms with Gasteiger partial charge in [0.15, 0.2) is 0 Å². The SMILES string of the molecule is C1=CN(c2nccc3c2ccn3C2CCNCC2)CNC1. The zero-order chi connectivity index (χ0) is 14.1. The normalized spacial score (nSPS) is 20.3. The lowest BCUT2D eigenvalue weighted by Crippen LogP contribution is -2.34. The molecule has 2 aromatic heterocycles. The predicted octanol–water partition coefficient (Wildman–Crippen LogP) is 1.84. The molecule has 5 heteroatoms. The van der Waals surface area contributed by atoms with Crippen LogP contribution in [0.2, 0.25) is 0 Å². The zero-order valence-electron chi connectivity index (χ0n) is 12.1. The molecular formula is C16H21N5. The molecule has 0 bridgehead atoms. The highest BCUT2D eigenvalue weighted by Gasteiger charge is 2.19. The van der Waals surface area contributed by atoms with Crippen molar-refractivity contribution in [3.8, 4) is 0 Å². The van der Waals surface area contributed by atoms with Crippen molar-refractivity contribution in [2.24, 2.45) is 0 Å². The van der Waals surface area contributed by atoms with E-state index in [1.165, 1.54) is 23.7 Å². The van der Waals surface area contributed by atoms with Crippen LogP contribution in [-0.2, 0) is 0 Å². The summed E-state index contributed by atoms with van der Waals surface area (Å²) < 4.78 is 2.43. The van der Waals surface area contributed by atoms with Gasteiger partial charge in [0.05, 0.1) is 12.2 Å². The van der Waals surface area contributed by atoms with Gasteiger partial charge in [-0.25, -0.2) is 4.98 Å². The van der Waals surface area contributed by atoms with E-state index in [1.54, 1.807) is 0 Å². The molecule has 0 aromatic carbocycles. The topological polar surface area (TPSA) is 45.1 Å². The molecule has 0 spiro atoms. The molecule has 2 aromatic rings. The second-order valence-corrected chi connectivity index (χ2v) is 5.74. The predicted molar refractivity (Wildman–Crippen MR) is 85.4 cm³/mol. The number of rotatable bonds is 2. The van der Waals surface area contributed by atoms with Crippen LogP contribution in [0.3, 0.4) is 0 Å². The highest BCUT2D eigenvalue weighted by Crippen LogP contribution is 2.30. The van der Waals surface area contributed by atoms with Crippen molar-refractivity contribution in [2.75, 3.05) is 31.2 Å². The van der Waals surface area contributed by atoms with Crippen LogP contribution in [0.4, 0.5) is 5.82 Å². The summed E-state index contributed by atoms with van der Waals surface area (Å²) in [4.78, 5) is 6.78. The standard InChI is InChI=1S/C16H21N5/c1-6-18-12-20(10-1)16-14-5-11-21(15(14)4-9-19-16)13-2-7-17-8-3-13/h1,4-5,9-11,13,17-18H,2-3,6-8,12H2. The Bertz CT molecular complexity index is 654. The quantitative estimate of drug-likeness (QED) is 0.883. The molecule has 0 unspecified atom stereocenters. The Hall–Kier alpha value is -1.85. The molecule has 1 fully saturated rings. The molecule has 5 nitrogen and oxygen atoms in total. The van der Waals surface area contributed by atoms with E-state index in [0.29, 0.717) is 6.04 Å². The summed E-state index contributed by atoms with van der Waals surface area (Å²) in [6.07, 6.45) is 10.8. The van der Waals surface area contributed by atoms with Crippen molar-refractivity contribution >= 4 is 16.7 Å². The molecule has 1 saturated heterocycles. The van der Waals surface area contributed by atoms with Crippen LogP contribution in [0.15, 0.2) is 36.8 Å². The minimum Gasteiger partial charge on any atom is -0.344 e. The Balaban J connectivity index is 1.75. The van der Waals surface area contributed by atoms with Crippen molar-refractivity contribution in [3.63, 3.8) is 0 Å². The molecule has 0 amide bonds. The third-order valence-electron chi connectivity index (χ3n) is 4.43. The molecule has 2 N–H and O–H groups in total. The van der Waals surface area contributed by atoms with Gasteiger partial charge in [-0.3, -0.25) is 5.32 Å². The first-order valence-electron chi connectivity index (χ1n) is 7.74. The van der Waals surface area contributed by atoms with E-state index >= 15 is 0 Å². The maximum atomic E-state index is 4.60. The zero-order valence-corrected chi connectivity index (χ0v) is 12.1. The third-order valence-corrected chi connectivity index (χ3v) is 4.43. The highest BCUT2D eigenvalue weighted by atomic mass is 15.3. The van der Waals surface area contributed by atoms with Crippen molar-refractivity contribution in [1.29, 1.82) is 0 Å². The van der Waals surface area contributed by atoms with E-state index in [-0.39, 0.29) is 0 Å². The second kappa shape index (κ2) is 5.50. The first-order valence-corrected chi connectivity index (χ1v) is 7.74. The van der Waals surface area contributed by atoms with E-state index < -0.39 is 0 Å². The summed E-state index contributed by atoms with van der Waals surface area (Å²) in [6.45, 7) is 3.98.